The van der Waals surface area contributed by atoms with Crippen LogP contribution in [0.15, 0.2) is 63.0 Å². The molecule has 0 aliphatic rings. The van der Waals surface area contributed by atoms with Crippen LogP contribution in [0.3, 0.4) is 0 Å². The van der Waals surface area contributed by atoms with Crippen LogP contribution in [-0.2, 0) is 28.9 Å². The highest BCUT2D eigenvalue weighted by atomic mass is 32.2. The van der Waals surface area contributed by atoms with Crippen LogP contribution in [0.1, 0.15) is 31.9 Å². The first-order valence-corrected chi connectivity index (χ1v) is 12.1. The molecule has 176 valence electrons. The highest BCUT2D eigenvalue weighted by Gasteiger charge is 2.27. The summed E-state index contributed by atoms with van der Waals surface area (Å²) in [5.74, 6) is -0.0853. The van der Waals surface area contributed by atoms with E-state index in [2.05, 4.69) is 10.0 Å². The second-order valence-corrected chi connectivity index (χ2v) is 10.0. The van der Waals surface area contributed by atoms with E-state index in [0.717, 1.165) is 11.0 Å². The summed E-state index contributed by atoms with van der Waals surface area (Å²) in [7, 11) is -1.35. The standard InChI is InChI=1S/C23H28N4O5S/c1-15(2)12-13-24-21(28)20(16-8-6-5-7-9-16)25-33(31,32)17-10-11-19-18(14-17)22(29)27(4)23(30)26(19)3/h5-11,14-15,20,25H,12-13H2,1-4H3,(H,24,28)/t20-/m1/s1. The molecular weight excluding hydrogens is 444 g/mol. The molecular formula is C23H28N4O5S. The van der Waals surface area contributed by atoms with Crippen molar-refractivity contribution in [3.05, 3.63) is 74.9 Å². The highest BCUT2D eigenvalue weighted by molar-refractivity contribution is 7.89. The lowest BCUT2D eigenvalue weighted by Crippen LogP contribution is -2.41. The van der Waals surface area contributed by atoms with E-state index in [1.165, 1.54) is 36.9 Å². The Kier molecular flexibility index (Phi) is 7.19. The van der Waals surface area contributed by atoms with Gasteiger partial charge in [-0.1, -0.05) is 44.2 Å². The van der Waals surface area contributed by atoms with Gasteiger partial charge in [-0.2, -0.15) is 4.72 Å². The number of amides is 1. The zero-order valence-corrected chi connectivity index (χ0v) is 19.8. The van der Waals surface area contributed by atoms with Crippen LogP contribution < -0.4 is 21.3 Å². The van der Waals surface area contributed by atoms with E-state index in [0.29, 0.717) is 23.5 Å². The first-order chi connectivity index (χ1) is 15.5. The largest absolute Gasteiger partial charge is 0.354 e. The number of carbonyl (C=O) groups excluding carboxylic acids is 1. The number of aromatic nitrogens is 2. The van der Waals surface area contributed by atoms with Gasteiger partial charge in [0.1, 0.15) is 6.04 Å². The lowest BCUT2D eigenvalue weighted by Gasteiger charge is -2.19. The smallest absolute Gasteiger partial charge is 0.330 e. The zero-order valence-electron chi connectivity index (χ0n) is 19.0. The van der Waals surface area contributed by atoms with Gasteiger partial charge in [-0.3, -0.25) is 18.7 Å². The van der Waals surface area contributed by atoms with Crippen LogP contribution in [-0.4, -0.2) is 30.0 Å². The van der Waals surface area contributed by atoms with Crippen LogP contribution >= 0.6 is 0 Å². The van der Waals surface area contributed by atoms with E-state index in [-0.39, 0.29) is 10.3 Å². The average molecular weight is 473 g/mol. The monoisotopic (exact) mass is 472 g/mol. The van der Waals surface area contributed by atoms with Crippen molar-refractivity contribution in [2.24, 2.45) is 20.0 Å². The minimum absolute atomic E-state index is 0.0834. The van der Waals surface area contributed by atoms with Crippen molar-refractivity contribution in [3.63, 3.8) is 0 Å². The molecule has 0 bridgehead atoms. The summed E-state index contributed by atoms with van der Waals surface area (Å²) >= 11 is 0. The fraction of sp³-hybridized carbons (Fsp3) is 0.348. The lowest BCUT2D eigenvalue weighted by atomic mass is 10.1. The molecule has 10 heteroatoms. The van der Waals surface area contributed by atoms with Crippen LogP contribution in [0.5, 0.6) is 0 Å². The van der Waals surface area contributed by atoms with Crippen molar-refractivity contribution >= 4 is 26.8 Å². The molecule has 0 aliphatic carbocycles. The molecule has 2 N–H and O–H groups in total. The Morgan fingerprint density at radius 2 is 1.67 bits per heavy atom. The minimum Gasteiger partial charge on any atom is -0.354 e. The normalized spacial score (nSPS) is 12.8. The van der Waals surface area contributed by atoms with Crippen molar-refractivity contribution in [2.45, 2.75) is 31.2 Å². The molecule has 3 aromatic rings. The summed E-state index contributed by atoms with van der Waals surface area (Å²) in [6, 6.07) is 11.3. The van der Waals surface area contributed by atoms with Crippen LogP contribution in [0.25, 0.3) is 10.9 Å². The number of benzene rings is 2. The predicted molar refractivity (Wildman–Crippen MR) is 126 cm³/mol. The Morgan fingerprint density at radius 1 is 1.00 bits per heavy atom. The third-order valence-electron chi connectivity index (χ3n) is 5.44. The molecule has 0 spiro atoms. The number of hydrogen-bond donors (Lipinski definition) is 2. The maximum Gasteiger partial charge on any atom is 0.330 e. The summed E-state index contributed by atoms with van der Waals surface area (Å²) < 4.78 is 31.1. The second kappa shape index (κ2) is 9.72. The van der Waals surface area contributed by atoms with Gasteiger partial charge < -0.3 is 5.32 Å². The molecule has 0 radical (unpaired) electrons. The van der Waals surface area contributed by atoms with Crippen molar-refractivity contribution in [1.29, 1.82) is 0 Å². The molecule has 2 aromatic carbocycles. The minimum atomic E-state index is -4.18. The number of sulfonamides is 1. The zero-order chi connectivity index (χ0) is 24.3. The van der Waals surface area contributed by atoms with E-state index in [9.17, 15) is 22.8 Å². The SMILES string of the molecule is CC(C)CCNC(=O)[C@H](NS(=O)(=O)c1ccc2c(c1)c(=O)n(C)c(=O)n2C)c1ccccc1. The molecule has 0 unspecified atom stereocenters. The Hall–Kier alpha value is -3.24. The number of carbonyl (C=O) groups is 1. The van der Waals surface area contributed by atoms with Crippen molar-refractivity contribution in [3.8, 4) is 0 Å². The highest BCUT2D eigenvalue weighted by Crippen LogP contribution is 2.20. The van der Waals surface area contributed by atoms with E-state index in [4.69, 9.17) is 0 Å². The maximum atomic E-state index is 13.2. The molecule has 1 heterocycles. The third kappa shape index (κ3) is 5.23. The molecule has 1 aromatic heterocycles. The van der Waals surface area contributed by atoms with E-state index < -0.39 is 33.2 Å². The number of aryl methyl sites for hydroxylation is 1. The van der Waals surface area contributed by atoms with Crippen molar-refractivity contribution in [2.75, 3.05) is 6.54 Å². The molecule has 0 aliphatic heterocycles. The quantitative estimate of drug-likeness (QED) is 0.514. The predicted octanol–water partition coefficient (Wildman–Crippen LogP) is 1.42. The average Bonchev–Trinajstić information content (AvgIpc) is 2.79. The van der Waals surface area contributed by atoms with Gasteiger partial charge in [0.05, 0.1) is 15.8 Å². The van der Waals surface area contributed by atoms with Crippen LogP contribution in [0, 0.1) is 5.92 Å². The Balaban J connectivity index is 2.00. The topological polar surface area (TPSA) is 119 Å². The number of rotatable bonds is 8. The molecule has 33 heavy (non-hydrogen) atoms. The number of nitrogens with zero attached hydrogens (tertiary/aromatic N) is 2. The molecule has 3 rings (SSSR count). The first-order valence-electron chi connectivity index (χ1n) is 10.6. The van der Waals surface area contributed by atoms with E-state index in [1.54, 1.807) is 30.3 Å². The Bertz CT molecular complexity index is 1390. The summed E-state index contributed by atoms with van der Waals surface area (Å²) in [5, 5.41) is 2.87. The second-order valence-electron chi connectivity index (χ2n) is 8.32. The van der Waals surface area contributed by atoms with Gasteiger partial charge in [-0.25, -0.2) is 13.2 Å². The van der Waals surface area contributed by atoms with Crippen molar-refractivity contribution < 1.29 is 13.2 Å². The Morgan fingerprint density at radius 3 is 2.30 bits per heavy atom. The maximum absolute atomic E-state index is 13.2. The number of fused-ring (bicyclic) bond motifs is 1. The van der Waals surface area contributed by atoms with Crippen molar-refractivity contribution in [1.82, 2.24) is 19.2 Å². The number of nitrogens with one attached hydrogen (secondary N) is 2. The van der Waals surface area contributed by atoms with Gasteiger partial charge in [0.15, 0.2) is 0 Å². The van der Waals surface area contributed by atoms with E-state index in [1.807, 2.05) is 13.8 Å². The molecule has 0 saturated heterocycles. The van der Waals surface area contributed by atoms with E-state index >= 15 is 0 Å². The van der Waals surface area contributed by atoms with Gasteiger partial charge in [-0.15, -0.1) is 0 Å². The van der Waals surface area contributed by atoms with Gasteiger partial charge in [0.2, 0.25) is 15.9 Å². The third-order valence-corrected chi connectivity index (χ3v) is 6.86. The van der Waals surface area contributed by atoms with Gasteiger partial charge in [-0.05, 0) is 36.1 Å². The molecule has 0 saturated carbocycles. The van der Waals surface area contributed by atoms with Gasteiger partial charge in [0.25, 0.3) is 5.56 Å². The molecule has 0 fully saturated rings. The summed E-state index contributed by atoms with van der Waals surface area (Å²) in [6.07, 6.45) is 0.757. The van der Waals surface area contributed by atoms with Gasteiger partial charge in [0, 0.05) is 20.6 Å². The number of hydrogen-bond acceptors (Lipinski definition) is 5. The van der Waals surface area contributed by atoms with Crippen LogP contribution in [0.4, 0.5) is 0 Å². The molecule has 1 atom stereocenters. The summed E-state index contributed by atoms with van der Waals surface area (Å²) in [5.41, 5.74) is -0.310. The fourth-order valence-electron chi connectivity index (χ4n) is 3.47. The summed E-state index contributed by atoms with van der Waals surface area (Å²) in [6.45, 7) is 4.48. The first kappa shape index (κ1) is 24.4. The summed E-state index contributed by atoms with van der Waals surface area (Å²) in [4.78, 5) is 37.4. The lowest BCUT2D eigenvalue weighted by molar-refractivity contribution is -0.122. The molecule has 9 nitrogen and oxygen atoms in total. The van der Waals surface area contributed by atoms with Crippen LogP contribution in [0.2, 0.25) is 0 Å². The fourth-order valence-corrected chi connectivity index (χ4v) is 4.68. The Labute approximate surface area is 192 Å². The van der Waals surface area contributed by atoms with Gasteiger partial charge >= 0.3 is 5.69 Å². The molecule has 1 amide bonds.